The number of nitrogens with one attached hydrogen (secondary N) is 2. The Bertz CT molecular complexity index is 1030. The van der Waals surface area contributed by atoms with Crippen LogP contribution in [0, 0.1) is 17.2 Å². The van der Waals surface area contributed by atoms with E-state index in [-0.39, 0.29) is 30.1 Å². The number of carbonyl (C=O) groups excluding carboxylic acids is 3. The van der Waals surface area contributed by atoms with Crippen LogP contribution in [-0.2, 0) is 27.3 Å². The summed E-state index contributed by atoms with van der Waals surface area (Å²) in [6, 6.07) is 17.3. The Morgan fingerprint density at radius 2 is 1.76 bits per heavy atom. The lowest BCUT2D eigenvalue weighted by molar-refractivity contribution is -0.141. The number of rotatable bonds is 9. The molecule has 1 heterocycles. The molecule has 3 amide bonds. The van der Waals surface area contributed by atoms with Crippen LogP contribution >= 0.6 is 0 Å². The van der Waals surface area contributed by atoms with Crippen molar-refractivity contribution in [3.63, 3.8) is 0 Å². The fourth-order valence-corrected chi connectivity index (χ4v) is 4.23. The molecule has 2 N–H and O–H groups in total. The summed E-state index contributed by atoms with van der Waals surface area (Å²) in [7, 11) is 0. The molecule has 2 atom stereocenters. The summed E-state index contributed by atoms with van der Waals surface area (Å²) in [5, 5.41) is 14.7. The van der Waals surface area contributed by atoms with Gasteiger partial charge in [0.2, 0.25) is 17.7 Å². The molecule has 1 aliphatic heterocycles. The molecular formula is C27H32N4O3. The number of hydrogen-bond acceptors (Lipinski definition) is 4. The van der Waals surface area contributed by atoms with Crippen LogP contribution in [0.3, 0.4) is 0 Å². The van der Waals surface area contributed by atoms with E-state index in [1.165, 1.54) is 0 Å². The van der Waals surface area contributed by atoms with Gasteiger partial charge in [-0.2, -0.15) is 5.26 Å². The van der Waals surface area contributed by atoms with Crippen molar-refractivity contribution in [1.29, 1.82) is 5.26 Å². The van der Waals surface area contributed by atoms with Crippen LogP contribution in [0.1, 0.15) is 49.8 Å². The van der Waals surface area contributed by atoms with Crippen molar-refractivity contribution in [1.82, 2.24) is 15.5 Å². The second kappa shape index (κ2) is 12.0. The highest BCUT2D eigenvalue weighted by Crippen LogP contribution is 2.21. The number of carbonyl (C=O) groups is 3. The van der Waals surface area contributed by atoms with E-state index in [0.29, 0.717) is 31.5 Å². The topological polar surface area (TPSA) is 102 Å². The minimum atomic E-state index is -0.664. The van der Waals surface area contributed by atoms with Gasteiger partial charge in [-0.15, -0.1) is 0 Å². The van der Waals surface area contributed by atoms with Gasteiger partial charge in [0.1, 0.15) is 12.1 Å². The van der Waals surface area contributed by atoms with Crippen LogP contribution in [0.2, 0.25) is 0 Å². The van der Waals surface area contributed by atoms with Gasteiger partial charge in [0.25, 0.3) is 0 Å². The smallest absolute Gasteiger partial charge is 0.245 e. The first-order valence-corrected chi connectivity index (χ1v) is 11.8. The second-order valence-corrected chi connectivity index (χ2v) is 9.13. The summed E-state index contributed by atoms with van der Waals surface area (Å²) >= 11 is 0. The molecule has 0 radical (unpaired) electrons. The second-order valence-electron chi connectivity index (χ2n) is 9.13. The highest BCUT2D eigenvalue weighted by Gasteiger charge is 2.37. The van der Waals surface area contributed by atoms with Gasteiger partial charge in [0.15, 0.2) is 0 Å². The van der Waals surface area contributed by atoms with Crippen LogP contribution in [0.25, 0.3) is 0 Å². The van der Waals surface area contributed by atoms with E-state index in [1.807, 2.05) is 44.2 Å². The molecule has 1 fully saturated rings. The van der Waals surface area contributed by atoms with E-state index in [1.54, 1.807) is 29.2 Å². The van der Waals surface area contributed by atoms with Gasteiger partial charge in [-0.3, -0.25) is 14.4 Å². The summed E-state index contributed by atoms with van der Waals surface area (Å²) in [5.41, 5.74) is 2.33. The summed E-state index contributed by atoms with van der Waals surface area (Å²) < 4.78 is 0. The first kappa shape index (κ1) is 25.0. The normalized spacial score (nSPS) is 16.1. The van der Waals surface area contributed by atoms with E-state index < -0.39 is 12.1 Å². The predicted molar refractivity (Wildman–Crippen MR) is 129 cm³/mol. The molecule has 0 unspecified atom stereocenters. The van der Waals surface area contributed by atoms with Crippen LogP contribution in [0.4, 0.5) is 0 Å². The molecule has 34 heavy (non-hydrogen) atoms. The monoisotopic (exact) mass is 460 g/mol. The van der Waals surface area contributed by atoms with E-state index in [0.717, 1.165) is 17.5 Å². The van der Waals surface area contributed by atoms with Gasteiger partial charge in [-0.05, 0) is 48.4 Å². The third-order valence-electron chi connectivity index (χ3n) is 5.94. The number of nitriles is 1. The molecule has 7 nitrogen and oxygen atoms in total. The lowest BCUT2D eigenvalue weighted by atomic mass is 10.0. The zero-order valence-corrected chi connectivity index (χ0v) is 19.8. The van der Waals surface area contributed by atoms with E-state index in [2.05, 4.69) is 16.7 Å². The largest absolute Gasteiger partial charge is 0.350 e. The summed E-state index contributed by atoms with van der Waals surface area (Å²) in [5.74, 6) is -0.399. The molecule has 0 spiro atoms. The molecule has 1 saturated heterocycles. The SMILES string of the molecule is CC(C)C[C@H](NC(=O)Cc1ccccc1)C(=O)N1CCC[C@H]1C(=O)NCc1ccc(C#N)cc1. The van der Waals surface area contributed by atoms with Gasteiger partial charge < -0.3 is 15.5 Å². The molecule has 7 heteroatoms. The Hall–Kier alpha value is -3.66. The molecule has 0 bridgehead atoms. The third-order valence-corrected chi connectivity index (χ3v) is 5.94. The molecule has 0 saturated carbocycles. The van der Waals surface area contributed by atoms with Crippen molar-refractivity contribution in [3.05, 3.63) is 71.3 Å². The number of amides is 3. The summed E-state index contributed by atoms with van der Waals surface area (Å²) in [6.07, 6.45) is 2.05. The minimum absolute atomic E-state index is 0.200. The maximum atomic E-state index is 13.4. The van der Waals surface area contributed by atoms with Gasteiger partial charge >= 0.3 is 0 Å². The number of hydrogen-bond donors (Lipinski definition) is 2. The van der Waals surface area contributed by atoms with Crippen molar-refractivity contribution < 1.29 is 14.4 Å². The molecule has 2 aromatic rings. The summed E-state index contributed by atoms with van der Waals surface area (Å²) in [6.45, 7) is 4.84. The fraction of sp³-hybridized carbons (Fsp3) is 0.407. The minimum Gasteiger partial charge on any atom is -0.350 e. The number of benzene rings is 2. The summed E-state index contributed by atoms with van der Waals surface area (Å²) in [4.78, 5) is 40.6. The maximum Gasteiger partial charge on any atom is 0.245 e. The van der Waals surface area contributed by atoms with Crippen LogP contribution in [0.5, 0.6) is 0 Å². The number of likely N-dealkylation sites (tertiary alicyclic amines) is 1. The Balaban J connectivity index is 1.62. The molecule has 0 aromatic heterocycles. The number of nitrogens with zero attached hydrogens (tertiary/aromatic N) is 2. The van der Waals surface area contributed by atoms with Gasteiger partial charge in [-0.25, -0.2) is 0 Å². The van der Waals surface area contributed by atoms with Crippen LogP contribution in [-0.4, -0.2) is 41.2 Å². The Morgan fingerprint density at radius 1 is 1.06 bits per heavy atom. The maximum absolute atomic E-state index is 13.4. The highest BCUT2D eigenvalue weighted by molar-refractivity contribution is 5.92. The van der Waals surface area contributed by atoms with Crippen molar-refractivity contribution in [2.24, 2.45) is 5.92 Å². The van der Waals surface area contributed by atoms with Gasteiger partial charge in [0, 0.05) is 13.1 Å². The molecular weight excluding hydrogens is 428 g/mol. The van der Waals surface area contributed by atoms with Crippen molar-refractivity contribution in [2.45, 2.75) is 58.2 Å². The lowest BCUT2D eigenvalue weighted by Crippen LogP contribution is -2.54. The fourth-order valence-electron chi connectivity index (χ4n) is 4.23. The van der Waals surface area contributed by atoms with E-state index in [9.17, 15) is 14.4 Å². The average molecular weight is 461 g/mol. The van der Waals surface area contributed by atoms with Gasteiger partial charge in [0.05, 0.1) is 18.1 Å². The standard InChI is InChI=1S/C27H32N4O3/c1-19(2)15-23(30-25(32)16-20-7-4-3-5-8-20)27(34)31-14-6-9-24(31)26(33)29-18-22-12-10-21(17-28)11-13-22/h3-5,7-8,10-13,19,23-24H,6,9,14-16,18H2,1-2H3,(H,29,33)(H,30,32)/t23-,24-/m0/s1. The Kier molecular flexibility index (Phi) is 8.80. The average Bonchev–Trinajstić information content (AvgIpc) is 3.32. The molecule has 2 aromatic carbocycles. The molecule has 3 rings (SSSR count). The molecule has 0 aliphatic carbocycles. The van der Waals surface area contributed by atoms with Crippen molar-refractivity contribution in [2.75, 3.05) is 6.54 Å². The lowest BCUT2D eigenvalue weighted by Gasteiger charge is -2.29. The Labute approximate surface area is 201 Å². The van der Waals surface area contributed by atoms with E-state index in [4.69, 9.17) is 5.26 Å². The zero-order chi connectivity index (χ0) is 24.5. The Morgan fingerprint density at radius 3 is 2.41 bits per heavy atom. The first-order valence-electron chi connectivity index (χ1n) is 11.8. The van der Waals surface area contributed by atoms with Crippen molar-refractivity contribution >= 4 is 17.7 Å². The zero-order valence-electron chi connectivity index (χ0n) is 19.8. The van der Waals surface area contributed by atoms with Crippen LogP contribution < -0.4 is 10.6 Å². The first-order chi connectivity index (χ1) is 16.4. The van der Waals surface area contributed by atoms with Crippen LogP contribution in [0.15, 0.2) is 54.6 Å². The molecule has 178 valence electrons. The van der Waals surface area contributed by atoms with E-state index >= 15 is 0 Å². The van der Waals surface area contributed by atoms with Crippen molar-refractivity contribution in [3.8, 4) is 6.07 Å². The van der Waals surface area contributed by atoms with Gasteiger partial charge in [-0.1, -0.05) is 56.3 Å². The third kappa shape index (κ3) is 6.92. The highest BCUT2D eigenvalue weighted by atomic mass is 16.2. The predicted octanol–water partition coefficient (Wildman–Crippen LogP) is 2.94. The molecule has 1 aliphatic rings. The quantitative estimate of drug-likeness (QED) is 0.601.